The number of carbonyl (C=O) groups is 1. The largest absolute Gasteiger partial charge is 0.327 e. The molecule has 2 saturated heterocycles. The van der Waals surface area contributed by atoms with Crippen molar-refractivity contribution in [3.63, 3.8) is 0 Å². The molecular weight excluding hydrogens is 302 g/mol. The third kappa shape index (κ3) is 2.81. The summed E-state index contributed by atoms with van der Waals surface area (Å²) in [6.45, 7) is 0. The monoisotopic (exact) mass is 323 g/mol. The molecule has 124 valence electrons. The molecule has 0 spiro atoms. The second kappa shape index (κ2) is 6.33. The Balaban J connectivity index is 1.70. The molecule has 0 radical (unpaired) electrons. The lowest BCUT2D eigenvalue weighted by atomic mass is 9.88. The maximum absolute atomic E-state index is 12.3. The van der Waals surface area contributed by atoms with E-state index < -0.39 is 6.29 Å². The van der Waals surface area contributed by atoms with Gasteiger partial charge in [-0.05, 0) is 11.1 Å². The summed E-state index contributed by atoms with van der Waals surface area (Å²) in [6, 6.07) is 20.1. The van der Waals surface area contributed by atoms with E-state index in [1.54, 1.807) is 0 Å². The topological polar surface area (TPSA) is 91.2 Å². The van der Waals surface area contributed by atoms with Crippen molar-refractivity contribution in [3.05, 3.63) is 71.8 Å². The van der Waals surface area contributed by atoms with Crippen LogP contribution in [0.4, 0.5) is 0 Å². The van der Waals surface area contributed by atoms with Crippen molar-refractivity contribution in [3.8, 4) is 0 Å². The maximum Gasteiger partial charge on any atom is 0.242 e. The lowest BCUT2D eigenvalue weighted by molar-refractivity contribution is -0.129. The summed E-state index contributed by atoms with van der Waals surface area (Å²) in [6.07, 6.45) is -0.767. The Kier molecular flexibility index (Phi) is 4.03. The van der Waals surface area contributed by atoms with E-state index in [0.717, 1.165) is 5.56 Å². The van der Waals surface area contributed by atoms with Gasteiger partial charge in [-0.15, -0.1) is 0 Å². The number of carbonyl (C=O) groups excluding carboxylic acids is 1. The van der Waals surface area contributed by atoms with Crippen LogP contribution >= 0.6 is 0 Å². The van der Waals surface area contributed by atoms with Gasteiger partial charge in [0.1, 0.15) is 12.3 Å². The van der Waals surface area contributed by atoms with E-state index in [1.165, 1.54) is 5.56 Å². The molecule has 2 fully saturated rings. The minimum Gasteiger partial charge on any atom is -0.327 e. The van der Waals surface area contributed by atoms with E-state index in [1.807, 2.05) is 36.4 Å². The van der Waals surface area contributed by atoms with E-state index >= 15 is 0 Å². The predicted octanol–water partition coefficient (Wildman–Crippen LogP) is 0.318. The first-order valence-corrected chi connectivity index (χ1v) is 8.16. The summed E-state index contributed by atoms with van der Waals surface area (Å²) in [5, 5.41) is 13.0. The number of nitrogens with two attached hydrogens (primary N) is 1. The molecule has 2 aromatic rings. The van der Waals surface area contributed by atoms with Gasteiger partial charge in [-0.2, -0.15) is 0 Å². The number of hydrogen-bond donors (Lipinski definition) is 5. The van der Waals surface area contributed by atoms with Crippen molar-refractivity contribution >= 4 is 5.91 Å². The van der Waals surface area contributed by atoms with Crippen molar-refractivity contribution in [2.75, 3.05) is 0 Å². The number of amides is 1. The lowest BCUT2D eigenvalue weighted by Crippen LogP contribution is -2.77. The van der Waals surface area contributed by atoms with Crippen molar-refractivity contribution in [2.45, 2.75) is 30.6 Å². The highest BCUT2D eigenvalue weighted by molar-refractivity contribution is 5.84. The highest BCUT2D eigenvalue weighted by Crippen LogP contribution is 2.33. The van der Waals surface area contributed by atoms with Crippen LogP contribution in [0, 0.1) is 0 Å². The fourth-order valence-corrected chi connectivity index (χ4v) is 3.52. The SMILES string of the molecule is NC1NC(=O)C2NC(c3ccccc3)C(c3ccccc3)NC2N1. The van der Waals surface area contributed by atoms with Crippen LogP contribution in [0.5, 0.6) is 0 Å². The van der Waals surface area contributed by atoms with Crippen LogP contribution in [-0.2, 0) is 4.79 Å². The first kappa shape index (κ1) is 15.3. The van der Waals surface area contributed by atoms with Gasteiger partial charge in [-0.3, -0.25) is 26.5 Å². The molecule has 2 aliphatic rings. The summed E-state index contributed by atoms with van der Waals surface area (Å²) in [4.78, 5) is 12.3. The Morgan fingerprint density at radius 1 is 0.708 bits per heavy atom. The third-order valence-corrected chi connectivity index (χ3v) is 4.64. The number of benzene rings is 2. The van der Waals surface area contributed by atoms with Gasteiger partial charge in [-0.25, -0.2) is 0 Å². The van der Waals surface area contributed by atoms with Crippen molar-refractivity contribution in [2.24, 2.45) is 5.73 Å². The molecule has 0 saturated carbocycles. The Morgan fingerprint density at radius 2 is 1.25 bits per heavy atom. The van der Waals surface area contributed by atoms with E-state index in [4.69, 9.17) is 5.73 Å². The van der Waals surface area contributed by atoms with Crippen molar-refractivity contribution in [1.82, 2.24) is 21.3 Å². The van der Waals surface area contributed by atoms with Crippen molar-refractivity contribution < 1.29 is 4.79 Å². The molecule has 5 atom stereocenters. The van der Waals surface area contributed by atoms with Crippen LogP contribution in [0.3, 0.4) is 0 Å². The Labute approximate surface area is 140 Å². The number of piperazine rings is 1. The average molecular weight is 323 g/mol. The van der Waals surface area contributed by atoms with E-state index in [-0.39, 0.29) is 30.2 Å². The highest BCUT2D eigenvalue weighted by Gasteiger charge is 2.43. The molecule has 6 heteroatoms. The van der Waals surface area contributed by atoms with Gasteiger partial charge in [0.25, 0.3) is 0 Å². The summed E-state index contributed by atoms with van der Waals surface area (Å²) in [5.74, 6) is -0.0915. The first-order valence-electron chi connectivity index (χ1n) is 8.16. The molecule has 2 aliphatic heterocycles. The highest BCUT2D eigenvalue weighted by atomic mass is 16.2. The smallest absolute Gasteiger partial charge is 0.242 e. The molecule has 0 bridgehead atoms. The molecular formula is C18H21N5O. The molecule has 2 aromatic carbocycles. The minimum absolute atomic E-state index is 0.0169. The quantitative estimate of drug-likeness (QED) is 0.549. The molecule has 24 heavy (non-hydrogen) atoms. The summed E-state index contributed by atoms with van der Waals surface area (Å²) in [7, 11) is 0. The van der Waals surface area contributed by atoms with E-state index in [9.17, 15) is 4.79 Å². The van der Waals surface area contributed by atoms with Crippen LogP contribution in [0.25, 0.3) is 0 Å². The Morgan fingerprint density at radius 3 is 1.83 bits per heavy atom. The Hall–Kier alpha value is -2.25. The van der Waals surface area contributed by atoms with Crippen LogP contribution in [0.15, 0.2) is 60.7 Å². The predicted molar refractivity (Wildman–Crippen MR) is 91.5 cm³/mol. The minimum atomic E-state index is -0.544. The van der Waals surface area contributed by atoms with Crippen LogP contribution in [0.2, 0.25) is 0 Å². The van der Waals surface area contributed by atoms with E-state index in [0.29, 0.717) is 0 Å². The standard InChI is InChI=1S/C18H21N5O/c19-18-22-16-15(17(24)23-18)20-13(11-7-3-1-4-8-11)14(21-16)12-9-5-2-6-10-12/h1-10,13-16,18,20-22H,19H2,(H,23,24). The van der Waals surface area contributed by atoms with Gasteiger partial charge < -0.3 is 5.32 Å². The number of rotatable bonds is 2. The Bertz CT molecular complexity index is 708. The molecule has 0 aromatic heterocycles. The first-order chi connectivity index (χ1) is 11.7. The van der Waals surface area contributed by atoms with Crippen LogP contribution < -0.4 is 27.0 Å². The second-order valence-electron chi connectivity index (χ2n) is 6.22. The molecule has 2 heterocycles. The van der Waals surface area contributed by atoms with Crippen molar-refractivity contribution in [1.29, 1.82) is 0 Å². The maximum atomic E-state index is 12.3. The number of hydrogen-bond acceptors (Lipinski definition) is 5. The number of fused-ring (bicyclic) bond motifs is 1. The number of nitrogens with one attached hydrogen (secondary N) is 4. The van der Waals surface area contributed by atoms with Gasteiger partial charge in [0.05, 0.1) is 18.2 Å². The zero-order valence-corrected chi connectivity index (χ0v) is 13.1. The fourth-order valence-electron chi connectivity index (χ4n) is 3.52. The summed E-state index contributed by atoms with van der Waals surface area (Å²) in [5.41, 5.74) is 8.16. The van der Waals surface area contributed by atoms with Gasteiger partial charge in [0.15, 0.2) is 0 Å². The normalized spacial score (nSPS) is 32.7. The van der Waals surface area contributed by atoms with E-state index in [2.05, 4.69) is 45.5 Å². The van der Waals surface area contributed by atoms with Crippen LogP contribution in [-0.4, -0.2) is 24.4 Å². The zero-order chi connectivity index (χ0) is 16.5. The fraction of sp³-hybridized carbons (Fsp3) is 0.278. The van der Waals surface area contributed by atoms with Gasteiger partial charge in [0, 0.05) is 0 Å². The molecule has 6 N–H and O–H groups in total. The van der Waals surface area contributed by atoms with Gasteiger partial charge in [-0.1, -0.05) is 60.7 Å². The van der Waals surface area contributed by atoms with Gasteiger partial charge >= 0.3 is 0 Å². The molecule has 4 rings (SSSR count). The zero-order valence-electron chi connectivity index (χ0n) is 13.1. The van der Waals surface area contributed by atoms with Crippen LogP contribution in [0.1, 0.15) is 23.2 Å². The molecule has 6 nitrogen and oxygen atoms in total. The average Bonchev–Trinajstić information content (AvgIpc) is 2.62. The summed E-state index contributed by atoms with van der Waals surface area (Å²) < 4.78 is 0. The van der Waals surface area contributed by atoms with Gasteiger partial charge in [0.2, 0.25) is 5.91 Å². The third-order valence-electron chi connectivity index (χ3n) is 4.64. The lowest BCUT2D eigenvalue weighted by Gasteiger charge is -2.47. The molecule has 0 aliphatic carbocycles. The summed E-state index contributed by atoms with van der Waals surface area (Å²) >= 11 is 0. The molecule has 1 amide bonds. The second-order valence-corrected chi connectivity index (χ2v) is 6.22. The molecule has 5 unspecified atom stereocenters.